The van der Waals surface area contributed by atoms with Gasteiger partial charge in [0.05, 0.1) is 25.4 Å². The molecule has 2 saturated heterocycles. The minimum absolute atomic E-state index is 0.0929. The molecule has 2 aliphatic rings. The number of carbonyl (C=O) groups is 1. The SMILES string of the molecule is CCC1(CC)OC[C@H]([C@@H](OC)C(C)(C)[C@@H](C[C@H]2CO2)OC(=O)OC(C)(C)C)O1. The van der Waals surface area contributed by atoms with Gasteiger partial charge in [0.15, 0.2) is 5.79 Å². The highest BCUT2D eigenvalue weighted by atomic mass is 16.8. The molecule has 2 fully saturated rings. The molecular weight excluding hydrogens is 364 g/mol. The highest BCUT2D eigenvalue weighted by molar-refractivity contribution is 5.60. The molecule has 0 bridgehead atoms. The van der Waals surface area contributed by atoms with E-state index in [0.717, 1.165) is 12.8 Å². The lowest BCUT2D eigenvalue weighted by Crippen LogP contribution is -2.51. The van der Waals surface area contributed by atoms with Gasteiger partial charge in [-0.15, -0.1) is 0 Å². The third-order valence-electron chi connectivity index (χ3n) is 5.62. The van der Waals surface area contributed by atoms with Crippen molar-refractivity contribution in [3.8, 4) is 0 Å². The van der Waals surface area contributed by atoms with Gasteiger partial charge in [0.2, 0.25) is 0 Å². The van der Waals surface area contributed by atoms with Crippen molar-refractivity contribution in [3.63, 3.8) is 0 Å². The molecule has 0 N–H and O–H groups in total. The van der Waals surface area contributed by atoms with E-state index < -0.39 is 29.1 Å². The highest BCUT2D eigenvalue weighted by Gasteiger charge is 2.51. The summed E-state index contributed by atoms with van der Waals surface area (Å²) in [5.41, 5.74) is -1.16. The molecule has 2 aliphatic heterocycles. The molecule has 0 aliphatic carbocycles. The van der Waals surface area contributed by atoms with Crippen LogP contribution in [-0.2, 0) is 28.4 Å². The normalized spacial score (nSPS) is 26.6. The average Bonchev–Trinajstić information content (AvgIpc) is 3.30. The number of hydrogen-bond donors (Lipinski definition) is 0. The fourth-order valence-corrected chi connectivity index (χ4v) is 3.80. The monoisotopic (exact) mass is 402 g/mol. The van der Waals surface area contributed by atoms with Crippen molar-refractivity contribution in [1.29, 1.82) is 0 Å². The lowest BCUT2D eigenvalue weighted by atomic mass is 9.76. The molecular formula is C21H38O7. The van der Waals surface area contributed by atoms with E-state index in [1.165, 1.54) is 0 Å². The van der Waals surface area contributed by atoms with E-state index in [-0.39, 0.29) is 18.3 Å². The molecule has 0 amide bonds. The molecule has 7 nitrogen and oxygen atoms in total. The smallest absolute Gasteiger partial charge is 0.430 e. The van der Waals surface area contributed by atoms with Crippen LogP contribution in [0, 0.1) is 5.41 Å². The Morgan fingerprint density at radius 3 is 2.18 bits per heavy atom. The van der Waals surface area contributed by atoms with Crippen molar-refractivity contribution in [3.05, 3.63) is 0 Å². The van der Waals surface area contributed by atoms with Crippen molar-refractivity contribution >= 4 is 6.16 Å². The van der Waals surface area contributed by atoms with Crippen LogP contribution >= 0.6 is 0 Å². The Morgan fingerprint density at radius 1 is 1.14 bits per heavy atom. The lowest BCUT2D eigenvalue weighted by Gasteiger charge is -2.41. The van der Waals surface area contributed by atoms with Gasteiger partial charge in [-0.1, -0.05) is 27.7 Å². The van der Waals surface area contributed by atoms with Crippen molar-refractivity contribution in [2.24, 2.45) is 5.41 Å². The van der Waals surface area contributed by atoms with Crippen molar-refractivity contribution in [2.45, 2.75) is 104 Å². The second-order valence-electron chi connectivity index (χ2n) is 9.32. The molecule has 164 valence electrons. The lowest BCUT2D eigenvalue weighted by molar-refractivity contribution is -0.200. The van der Waals surface area contributed by atoms with Gasteiger partial charge in [-0.25, -0.2) is 4.79 Å². The predicted octanol–water partition coefficient (Wildman–Crippen LogP) is 4.07. The highest BCUT2D eigenvalue weighted by Crippen LogP contribution is 2.41. The summed E-state index contributed by atoms with van der Waals surface area (Å²) < 4.78 is 34.7. The zero-order valence-electron chi connectivity index (χ0n) is 18.7. The molecule has 0 aromatic rings. The van der Waals surface area contributed by atoms with Gasteiger partial charge in [0.25, 0.3) is 0 Å². The number of rotatable bonds is 9. The Kier molecular flexibility index (Phi) is 7.40. The number of methoxy groups -OCH3 is 1. The van der Waals surface area contributed by atoms with Crippen LogP contribution in [0.25, 0.3) is 0 Å². The maximum absolute atomic E-state index is 12.4. The molecule has 0 aromatic carbocycles. The molecule has 0 radical (unpaired) electrons. The zero-order valence-corrected chi connectivity index (χ0v) is 18.7. The third kappa shape index (κ3) is 5.81. The Labute approximate surface area is 169 Å². The molecule has 2 heterocycles. The molecule has 4 atom stereocenters. The predicted molar refractivity (Wildman–Crippen MR) is 104 cm³/mol. The minimum Gasteiger partial charge on any atom is -0.430 e. The molecule has 2 rings (SSSR count). The summed E-state index contributed by atoms with van der Waals surface area (Å²) in [5.74, 6) is -0.571. The summed E-state index contributed by atoms with van der Waals surface area (Å²) >= 11 is 0. The Balaban J connectivity index is 2.15. The topological polar surface area (TPSA) is 75.8 Å². The van der Waals surface area contributed by atoms with Crippen molar-refractivity contribution in [1.82, 2.24) is 0 Å². The summed E-state index contributed by atoms with van der Waals surface area (Å²) in [6, 6.07) is 0. The van der Waals surface area contributed by atoms with Crippen LogP contribution in [0.1, 0.15) is 67.7 Å². The summed E-state index contributed by atoms with van der Waals surface area (Å²) in [6.07, 6.45) is 0.531. The van der Waals surface area contributed by atoms with Crippen LogP contribution in [0.3, 0.4) is 0 Å². The van der Waals surface area contributed by atoms with Crippen molar-refractivity contribution in [2.75, 3.05) is 20.3 Å². The van der Waals surface area contributed by atoms with Gasteiger partial charge in [0.1, 0.15) is 17.8 Å². The van der Waals surface area contributed by atoms with E-state index in [9.17, 15) is 4.79 Å². The van der Waals surface area contributed by atoms with E-state index in [1.807, 2.05) is 34.6 Å². The number of carbonyl (C=O) groups excluding carboxylic acids is 1. The van der Waals surface area contributed by atoms with Gasteiger partial charge in [-0.2, -0.15) is 0 Å². The zero-order chi connectivity index (χ0) is 21.2. The molecule has 0 spiro atoms. The summed E-state index contributed by atoms with van der Waals surface area (Å²) in [4.78, 5) is 12.4. The summed E-state index contributed by atoms with van der Waals surface area (Å²) in [5, 5.41) is 0. The minimum atomic E-state index is -0.680. The van der Waals surface area contributed by atoms with E-state index in [4.69, 9.17) is 28.4 Å². The summed E-state index contributed by atoms with van der Waals surface area (Å²) in [6.45, 7) is 14.7. The van der Waals surface area contributed by atoms with Gasteiger partial charge in [-0.3, -0.25) is 0 Å². The number of ether oxygens (including phenoxy) is 6. The standard InChI is InChI=1S/C21H38O7/c1-9-21(10-2)25-13-15(27-21)17(23-8)20(6,7)16(11-14-12-24-14)26-18(22)28-19(3,4)5/h14-17H,9-13H2,1-8H3/t14-,15+,16+,17+/m0/s1. The Morgan fingerprint density at radius 2 is 1.75 bits per heavy atom. The van der Waals surface area contributed by atoms with Crippen LogP contribution in [0.4, 0.5) is 4.79 Å². The fourth-order valence-electron chi connectivity index (χ4n) is 3.80. The Hall–Kier alpha value is -0.890. The molecule has 7 heteroatoms. The first-order valence-electron chi connectivity index (χ1n) is 10.3. The largest absolute Gasteiger partial charge is 0.509 e. The van der Waals surface area contributed by atoms with Crippen LogP contribution < -0.4 is 0 Å². The van der Waals surface area contributed by atoms with Crippen LogP contribution in [0.15, 0.2) is 0 Å². The van der Waals surface area contributed by atoms with Gasteiger partial charge in [-0.05, 0) is 33.6 Å². The average molecular weight is 403 g/mol. The quantitative estimate of drug-likeness (QED) is 0.425. The number of hydrogen-bond acceptors (Lipinski definition) is 7. The first-order valence-corrected chi connectivity index (χ1v) is 10.3. The maximum Gasteiger partial charge on any atom is 0.509 e. The van der Waals surface area contributed by atoms with E-state index in [1.54, 1.807) is 7.11 Å². The number of epoxide rings is 1. The molecule has 0 saturated carbocycles. The van der Waals surface area contributed by atoms with E-state index >= 15 is 0 Å². The maximum atomic E-state index is 12.4. The van der Waals surface area contributed by atoms with Gasteiger partial charge in [0, 0.05) is 18.9 Å². The van der Waals surface area contributed by atoms with Crippen LogP contribution in [-0.4, -0.2) is 62.3 Å². The summed E-state index contributed by atoms with van der Waals surface area (Å²) in [7, 11) is 1.66. The second-order valence-corrected chi connectivity index (χ2v) is 9.32. The first-order chi connectivity index (χ1) is 13.0. The van der Waals surface area contributed by atoms with Crippen LogP contribution in [0.5, 0.6) is 0 Å². The first kappa shape index (κ1) is 23.4. The van der Waals surface area contributed by atoms with E-state index in [0.29, 0.717) is 19.6 Å². The van der Waals surface area contributed by atoms with E-state index in [2.05, 4.69) is 13.8 Å². The fraction of sp³-hybridized carbons (Fsp3) is 0.952. The molecule has 28 heavy (non-hydrogen) atoms. The molecule has 0 unspecified atom stereocenters. The second kappa shape index (κ2) is 8.86. The third-order valence-corrected chi connectivity index (χ3v) is 5.62. The molecule has 0 aromatic heterocycles. The van der Waals surface area contributed by atoms with Crippen molar-refractivity contribution < 1.29 is 33.2 Å². The van der Waals surface area contributed by atoms with Crippen LogP contribution in [0.2, 0.25) is 0 Å². The Bertz CT molecular complexity index is 517. The van der Waals surface area contributed by atoms with Gasteiger partial charge < -0.3 is 28.4 Å². The van der Waals surface area contributed by atoms with Gasteiger partial charge >= 0.3 is 6.16 Å².